The first-order chi connectivity index (χ1) is 8.70. The van der Waals surface area contributed by atoms with Gasteiger partial charge in [-0.05, 0) is 25.9 Å². The maximum Gasteiger partial charge on any atom is 0.239 e. The van der Waals surface area contributed by atoms with Crippen molar-refractivity contribution in [3.63, 3.8) is 0 Å². The van der Waals surface area contributed by atoms with E-state index in [2.05, 4.69) is 20.3 Å². The highest BCUT2D eigenvalue weighted by Gasteiger charge is 2.14. The number of halogens is 1. The van der Waals surface area contributed by atoms with Crippen LogP contribution in [0.15, 0.2) is 6.20 Å². The average molecular weight is 271 g/mol. The number of nitrogens with one attached hydrogen (secondary N) is 1. The lowest BCUT2D eigenvalue weighted by Crippen LogP contribution is -2.32. The predicted octanol–water partition coefficient (Wildman–Crippen LogP) is 0.948. The zero-order valence-corrected chi connectivity index (χ0v) is 11.3. The van der Waals surface area contributed by atoms with Crippen LogP contribution in [0.25, 0.3) is 0 Å². The molecule has 1 aromatic heterocycles. The van der Waals surface area contributed by atoms with E-state index in [4.69, 9.17) is 17.4 Å². The minimum absolute atomic E-state index is 0.377. The molecule has 0 aromatic carbocycles. The molecule has 0 saturated carbocycles. The molecule has 0 amide bonds. The third-order valence-corrected chi connectivity index (χ3v) is 3.43. The van der Waals surface area contributed by atoms with Crippen LogP contribution in [0.2, 0.25) is 5.02 Å². The van der Waals surface area contributed by atoms with Crippen LogP contribution in [0.1, 0.15) is 12.8 Å². The smallest absolute Gasteiger partial charge is 0.239 e. The van der Waals surface area contributed by atoms with Crippen LogP contribution >= 0.6 is 11.6 Å². The first-order valence-corrected chi connectivity index (χ1v) is 6.51. The Labute approximate surface area is 112 Å². The van der Waals surface area contributed by atoms with Crippen LogP contribution in [0.3, 0.4) is 0 Å². The van der Waals surface area contributed by atoms with Crippen LogP contribution in [-0.4, -0.2) is 48.1 Å². The fraction of sp³-hybridized carbons (Fsp3) is 0.636. The molecule has 3 N–H and O–H groups in total. The van der Waals surface area contributed by atoms with Gasteiger partial charge in [0.1, 0.15) is 5.02 Å². The Bertz CT molecular complexity index is 393. The summed E-state index contributed by atoms with van der Waals surface area (Å²) in [6, 6.07) is 0. The van der Waals surface area contributed by atoms with Gasteiger partial charge in [-0.25, -0.2) is 10.8 Å². The number of nitrogens with zero attached hydrogens (tertiary/aromatic N) is 4. The predicted molar refractivity (Wildman–Crippen MR) is 73.8 cm³/mol. The van der Waals surface area contributed by atoms with Gasteiger partial charge in [0.25, 0.3) is 0 Å². The van der Waals surface area contributed by atoms with Gasteiger partial charge in [0.05, 0.1) is 6.20 Å². The van der Waals surface area contributed by atoms with Crippen molar-refractivity contribution in [2.75, 3.05) is 43.6 Å². The number of rotatable bonds is 5. The normalized spacial score (nSPS) is 15.9. The van der Waals surface area contributed by atoms with Gasteiger partial charge in [0, 0.05) is 20.1 Å². The van der Waals surface area contributed by atoms with Crippen molar-refractivity contribution in [3.05, 3.63) is 11.2 Å². The number of nitrogen functional groups attached to an aromatic ring is 1. The molecule has 0 radical (unpaired) electrons. The molecular weight excluding hydrogens is 252 g/mol. The highest BCUT2D eigenvalue weighted by molar-refractivity contribution is 6.32. The highest BCUT2D eigenvalue weighted by atomic mass is 35.5. The number of likely N-dealkylation sites (N-methyl/N-ethyl adjacent to an activating group) is 1. The second kappa shape index (κ2) is 6.17. The van der Waals surface area contributed by atoms with Gasteiger partial charge in [-0.2, -0.15) is 4.98 Å². The van der Waals surface area contributed by atoms with Gasteiger partial charge in [-0.3, -0.25) is 5.43 Å². The maximum atomic E-state index is 6.09. The SMILES string of the molecule is CN(CCN1CCCC1)c1nc(NN)ncc1Cl. The van der Waals surface area contributed by atoms with Gasteiger partial charge in [0.15, 0.2) is 5.82 Å². The molecule has 100 valence electrons. The third-order valence-electron chi connectivity index (χ3n) is 3.17. The van der Waals surface area contributed by atoms with Gasteiger partial charge in [0.2, 0.25) is 5.95 Å². The average Bonchev–Trinajstić information content (AvgIpc) is 2.89. The summed E-state index contributed by atoms with van der Waals surface area (Å²) >= 11 is 6.09. The fourth-order valence-corrected chi connectivity index (χ4v) is 2.33. The van der Waals surface area contributed by atoms with E-state index in [0.717, 1.165) is 13.1 Å². The minimum Gasteiger partial charge on any atom is -0.357 e. The van der Waals surface area contributed by atoms with E-state index in [1.165, 1.54) is 25.9 Å². The van der Waals surface area contributed by atoms with Crippen molar-refractivity contribution in [3.8, 4) is 0 Å². The topological polar surface area (TPSA) is 70.3 Å². The zero-order valence-electron chi connectivity index (χ0n) is 10.6. The van der Waals surface area contributed by atoms with E-state index < -0.39 is 0 Å². The van der Waals surface area contributed by atoms with E-state index in [0.29, 0.717) is 16.8 Å². The summed E-state index contributed by atoms with van der Waals surface area (Å²) in [5, 5.41) is 0.540. The number of aromatic nitrogens is 2. The first-order valence-electron chi connectivity index (χ1n) is 6.13. The van der Waals surface area contributed by atoms with Crippen LogP contribution in [0, 0.1) is 0 Å². The van der Waals surface area contributed by atoms with Gasteiger partial charge in [-0.15, -0.1) is 0 Å². The molecule has 0 aliphatic carbocycles. The van der Waals surface area contributed by atoms with Crippen LogP contribution in [-0.2, 0) is 0 Å². The Balaban J connectivity index is 1.96. The summed E-state index contributed by atoms with van der Waals surface area (Å²) < 4.78 is 0. The molecule has 1 fully saturated rings. The van der Waals surface area contributed by atoms with E-state index in [9.17, 15) is 0 Å². The van der Waals surface area contributed by atoms with E-state index >= 15 is 0 Å². The van der Waals surface area contributed by atoms with Crippen LogP contribution < -0.4 is 16.2 Å². The molecule has 1 aliphatic heterocycles. The fourth-order valence-electron chi connectivity index (χ4n) is 2.10. The van der Waals surface area contributed by atoms with Gasteiger partial charge < -0.3 is 9.80 Å². The standard InChI is InChI=1S/C11H19ClN6/c1-17(6-7-18-4-2-3-5-18)10-9(12)8-14-11(15-10)16-13/h8H,2-7,13H2,1H3,(H,14,15,16). The number of anilines is 2. The van der Waals surface area contributed by atoms with Crippen molar-refractivity contribution >= 4 is 23.4 Å². The molecule has 1 aromatic rings. The Morgan fingerprint density at radius 1 is 1.50 bits per heavy atom. The van der Waals surface area contributed by atoms with Gasteiger partial charge >= 0.3 is 0 Å². The summed E-state index contributed by atoms with van der Waals surface area (Å²) in [5.74, 6) is 6.38. The van der Waals surface area contributed by atoms with E-state index in [-0.39, 0.29) is 0 Å². The lowest BCUT2D eigenvalue weighted by atomic mass is 10.4. The molecule has 1 saturated heterocycles. The van der Waals surface area contributed by atoms with Gasteiger partial charge in [-0.1, -0.05) is 11.6 Å². The Morgan fingerprint density at radius 3 is 2.89 bits per heavy atom. The molecule has 18 heavy (non-hydrogen) atoms. The third kappa shape index (κ3) is 3.22. The number of nitrogens with two attached hydrogens (primary N) is 1. The zero-order chi connectivity index (χ0) is 13.0. The summed E-state index contributed by atoms with van der Waals surface area (Å²) in [7, 11) is 1.98. The summed E-state index contributed by atoms with van der Waals surface area (Å²) in [6.07, 6.45) is 4.17. The Hall–Kier alpha value is -1.11. The number of likely N-dealkylation sites (tertiary alicyclic amines) is 1. The molecule has 0 atom stereocenters. The molecule has 0 bridgehead atoms. The summed E-state index contributed by atoms with van der Waals surface area (Å²) in [6.45, 7) is 4.31. The second-order valence-corrected chi connectivity index (χ2v) is 4.89. The van der Waals surface area contributed by atoms with Crippen molar-refractivity contribution < 1.29 is 0 Å². The lowest BCUT2D eigenvalue weighted by Gasteiger charge is -2.23. The Kier molecular flexibility index (Phi) is 4.57. The molecule has 1 aliphatic rings. The summed E-state index contributed by atoms with van der Waals surface area (Å²) in [5.41, 5.74) is 2.43. The molecular formula is C11H19ClN6. The minimum atomic E-state index is 0.377. The second-order valence-electron chi connectivity index (χ2n) is 4.48. The van der Waals surface area contributed by atoms with Crippen molar-refractivity contribution in [2.45, 2.75) is 12.8 Å². The molecule has 0 unspecified atom stereocenters. The lowest BCUT2D eigenvalue weighted by molar-refractivity contribution is 0.346. The molecule has 6 nitrogen and oxygen atoms in total. The number of hydrazine groups is 1. The van der Waals surface area contributed by atoms with Crippen molar-refractivity contribution in [1.29, 1.82) is 0 Å². The van der Waals surface area contributed by atoms with E-state index in [1.807, 2.05) is 11.9 Å². The quantitative estimate of drug-likeness (QED) is 0.613. The number of hydrogen-bond acceptors (Lipinski definition) is 6. The largest absolute Gasteiger partial charge is 0.357 e. The molecule has 2 rings (SSSR count). The monoisotopic (exact) mass is 270 g/mol. The number of hydrogen-bond donors (Lipinski definition) is 2. The molecule has 7 heteroatoms. The molecule has 0 spiro atoms. The Morgan fingerprint density at radius 2 is 2.22 bits per heavy atom. The summed E-state index contributed by atoms with van der Waals surface area (Å²) in [4.78, 5) is 12.7. The van der Waals surface area contributed by atoms with Crippen LogP contribution in [0.5, 0.6) is 0 Å². The first kappa shape index (κ1) is 13.3. The van der Waals surface area contributed by atoms with Crippen molar-refractivity contribution in [1.82, 2.24) is 14.9 Å². The highest BCUT2D eigenvalue weighted by Crippen LogP contribution is 2.22. The van der Waals surface area contributed by atoms with Crippen molar-refractivity contribution in [2.24, 2.45) is 5.84 Å². The molecule has 2 heterocycles. The van der Waals surface area contributed by atoms with E-state index in [1.54, 1.807) is 6.20 Å². The maximum absolute atomic E-state index is 6.09. The van der Waals surface area contributed by atoms with Crippen LogP contribution in [0.4, 0.5) is 11.8 Å².